The molecular formula is C19H16Cl2F3N5O2. The summed E-state index contributed by atoms with van der Waals surface area (Å²) >= 11 is 11.6. The van der Waals surface area contributed by atoms with E-state index in [1.807, 2.05) is 6.07 Å². The number of nitrogens with one attached hydrogen (secondary N) is 2. The van der Waals surface area contributed by atoms with Gasteiger partial charge in [0, 0.05) is 24.3 Å². The molecule has 1 aromatic heterocycles. The maximum Gasteiger partial charge on any atom is 0.417 e. The molecule has 31 heavy (non-hydrogen) atoms. The highest BCUT2D eigenvalue weighted by molar-refractivity contribution is 6.33. The molecule has 0 saturated heterocycles. The Morgan fingerprint density at radius 1 is 1.29 bits per heavy atom. The summed E-state index contributed by atoms with van der Waals surface area (Å²) in [7, 11) is 0. The van der Waals surface area contributed by atoms with Gasteiger partial charge in [0.2, 0.25) is 0 Å². The number of rotatable bonds is 9. The monoisotopic (exact) mass is 473 g/mol. The SMILES string of the molecule is N#C[C@@H](/C=N\OCC(=O)NCCNc1ncc(C(F)(F)F)cc1Cl)c1ccc(Cl)cc1. The van der Waals surface area contributed by atoms with Crippen LogP contribution >= 0.6 is 23.2 Å². The average molecular weight is 474 g/mol. The highest BCUT2D eigenvalue weighted by atomic mass is 35.5. The number of hydrogen-bond acceptors (Lipinski definition) is 6. The second-order valence-corrected chi connectivity index (χ2v) is 6.86. The summed E-state index contributed by atoms with van der Waals surface area (Å²) in [5, 5.41) is 18.4. The second kappa shape index (κ2) is 11.4. The number of nitrogens with zero attached hydrogens (tertiary/aromatic N) is 3. The van der Waals surface area contributed by atoms with Gasteiger partial charge in [-0.05, 0) is 23.8 Å². The number of alkyl halides is 3. The lowest BCUT2D eigenvalue weighted by Gasteiger charge is -2.11. The van der Waals surface area contributed by atoms with Crippen molar-refractivity contribution >= 4 is 41.1 Å². The van der Waals surface area contributed by atoms with Crippen LogP contribution in [-0.2, 0) is 15.8 Å². The lowest BCUT2D eigenvalue weighted by Crippen LogP contribution is -2.31. The first-order valence-electron chi connectivity index (χ1n) is 8.74. The molecule has 0 aliphatic carbocycles. The fraction of sp³-hybridized carbons (Fsp3) is 0.263. The van der Waals surface area contributed by atoms with Gasteiger partial charge in [-0.25, -0.2) is 4.98 Å². The molecular weight excluding hydrogens is 458 g/mol. The van der Waals surface area contributed by atoms with E-state index in [1.54, 1.807) is 24.3 Å². The van der Waals surface area contributed by atoms with E-state index in [0.717, 1.165) is 6.07 Å². The number of aromatic nitrogens is 1. The minimum absolute atomic E-state index is 0.0644. The summed E-state index contributed by atoms with van der Waals surface area (Å²) in [5.74, 6) is -1.08. The molecule has 1 aromatic carbocycles. The Bertz CT molecular complexity index is 962. The zero-order chi connectivity index (χ0) is 22.9. The van der Waals surface area contributed by atoms with E-state index in [4.69, 9.17) is 28.0 Å². The van der Waals surface area contributed by atoms with Crippen LogP contribution in [0.4, 0.5) is 19.0 Å². The number of hydrogen-bond donors (Lipinski definition) is 2. The van der Waals surface area contributed by atoms with E-state index in [-0.39, 0.29) is 30.5 Å². The number of amides is 1. The molecule has 0 spiro atoms. The summed E-state index contributed by atoms with van der Waals surface area (Å²) in [6.45, 7) is -0.0781. The predicted molar refractivity (Wildman–Crippen MR) is 110 cm³/mol. The van der Waals surface area contributed by atoms with Crippen molar-refractivity contribution in [2.24, 2.45) is 5.16 Å². The van der Waals surface area contributed by atoms with Crippen LogP contribution in [0.3, 0.4) is 0 Å². The van der Waals surface area contributed by atoms with Crippen molar-refractivity contribution < 1.29 is 22.8 Å². The summed E-state index contributed by atoms with van der Waals surface area (Å²) in [6.07, 6.45) is -2.61. The van der Waals surface area contributed by atoms with Gasteiger partial charge in [-0.2, -0.15) is 18.4 Å². The number of carbonyl (C=O) groups excluding carboxylic acids is 1. The Kier molecular flexibility index (Phi) is 8.90. The van der Waals surface area contributed by atoms with Gasteiger partial charge in [0.05, 0.1) is 22.9 Å². The van der Waals surface area contributed by atoms with E-state index in [9.17, 15) is 23.2 Å². The first-order valence-corrected chi connectivity index (χ1v) is 9.50. The molecule has 1 amide bonds. The second-order valence-electron chi connectivity index (χ2n) is 6.02. The van der Waals surface area contributed by atoms with Crippen molar-refractivity contribution in [1.82, 2.24) is 10.3 Å². The largest absolute Gasteiger partial charge is 0.417 e. The summed E-state index contributed by atoms with van der Waals surface area (Å²) in [4.78, 5) is 20.2. The van der Waals surface area contributed by atoms with Gasteiger partial charge in [-0.3, -0.25) is 4.79 Å². The van der Waals surface area contributed by atoms with Gasteiger partial charge in [0.1, 0.15) is 11.7 Å². The third-order valence-electron chi connectivity index (χ3n) is 3.76. The van der Waals surface area contributed by atoms with Gasteiger partial charge in [-0.15, -0.1) is 0 Å². The number of pyridine rings is 1. The van der Waals surface area contributed by atoms with Crippen molar-refractivity contribution in [2.75, 3.05) is 25.0 Å². The number of anilines is 1. The molecule has 12 heteroatoms. The smallest absolute Gasteiger partial charge is 0.386 e. The van der Waals surface area contributed by atoms with Crippen molar-refractivity contribution in [1.29, 1.82) is 5.26 Å². The minimum atomic E-state index is -4.53. The van der Waals surface area contributed by atoms with E-state index in [2.05, 4.69) is 20.8 Å². The van der Waals surface area contributed by atoms with Crippen LogP contribution in [0.25, 0.3) is 0 Å². The average Bonchev–Trinajstić information content (AvgIpc) is 2.72. The predicted octanol–water partition coefficient (Wildman–Crippen LogP) is 4.25. The Hall–Kier alpha value is -3.03. The van der Waals surface area contributed by atoms with Crippen LogP contribution in [0.1, 0.15) is 17.0 Å². The molecule has 0 bridgehead atoms. The first kappa shape index (κ1) is 24.2. The minimum Gasteiger partial charge on any atom is -0.386 e. The van der Waals surface area contributed by atoms with Crippen LogP contribution < -0.4 is 10.6 Å². The molecule has 7 nitrogen and oxygen atoms in total. The van der Waals surface area contributed by atoms with Crippen LogP contribution in [-0.4, -0.2) is 36.8 Å². The normalized spacial score (nSPS) is 12.3. The first-order chi connectivity index (χ1) is 14.7. The van der Waals surface area contributed by atoms with Gasteiger partial charge >= 0.3 is 6.18 Å². The summed E-state index contributed by atoms with van der Waals surface area (Å²) in [6, 6.07) is 9.45. The van der Waals surface area contributed by atoms with E-state index >= 15 is 0 Å². The van der Waals surface area contributed by atoms with Crippen molar-refractivity contribution in [2.45, 2.75) is 12.1 Å². The molecule has 0 radical (unpaired) electrons. The number of nitriles is 1. The molecule has 1 atom stereocenters. The molecule has 0 fully saturated rings. The standard InChI is InChI=1S/C19H16Cl2F3N5O2/c20-15-3-1-12(2-4-15)13(8-25)9-29-31-11-17(30)26-5-6-27-18-16(21)7-14(10-28-18)19(22,23)24/h1-4,7,9-10,13H,5-6,11H2,(H,26,30)(H,27,28)/b29-9-/t13-/m0/s1. The van der Waals surface area contributed by atoms with Crippen LogP contribution in [0.15, 0.2) is 41.7 Å². The van der Waals surface area contributed by atoms with Gasteiger partial charge in [0.15, 0.2) is 6.61 Å². The zero-order valence-corrected chi connectivity index (χ0v) is 17.3. The Morgan fingerprint density at radius 2 is 2.00 bits per heavy atom. The zero-order valence-electron chi connectivity index (χ0n) is 15.8. The fourth-order valence-corrected chi connectivity index (χ4v) is 2.58. The fourth-order valence-electron chi connectivity index (χ4n) is 2.22. The maximum atomic E-state index is 12.6. The molecule has 0 aliphatic heterocycles. The summed E-state index contributed by atoms with van der Waals surface area (Å²) in [5.41, 5.74) is -0.283. The molecule has 2 rings (SSSR count). The maximum absolute atomic E-state index is 12.6. The van der Waals surface area contributed by atoms with Gasteiger partial charge in [-0.1, -0.05) is 40.5 Å². The highest BCUT2D eigenvalue weighted by Crippen LogP contribution is 2.32. The molecule has 0 unspecified atom stereocenters. The Labute approximate surface area is 185 Å². The molecule has 0 saturated carbocycles. The summed E-state index contributed by atoms with van der Waals surface area (Å²) < 4.78 is 37.7. The molecule has 164 valence electrons. The number of halogens is 5. The molecule has 2 N–H and O–H groups in total. The number of oxime groups is 1. The third-order valence-corrected chi connectivity index (χ3v) is 4.30. The van der Waals surface area contributed by atoms with Crippen molar-refractivity contribution in [3.63, 3.8) is 0 Å². The molecule has 1 heterocycles. The number of carbonyl (C=O) groups is 1. The Morgan fingerprint density at radius 3 is 2.61 bits per heavy atom. The van der Waals surface area contributed by atoms with E-state index in [1.165, 1.54) is 6.21 Å². The quantitative estimate of drug-likeness (QED) is 0.322. The molecule has 0 aliphatic rings. The number of benzene rings is 1. The highest BCUT2D eigenvalue weighted by Gasteiger charge is 2.31. The van der Waals surface area contributed by atoms with Crippen LogP contribution in [0, 0.1) is 11.3 Å². The topological polar surface area (TPSA) is 99.4 Å². The van der Waals surface area contributed by atoms with Crippen LogP contribution in [0.2, 0.25) is 10.0 Å². The van der Waals surface area contributed by atoms with Crippen molar-refractivity contribution in [3.05, 3.63) is 57.7 Å². The third kappa shape index (κ3) is 7.96. The van der Waals surface area contributed by atoms with Crippen LogP contribution in [0.5, 0.6) is 0 Å². The lowest BCUT2D eigenvalue weighted by atomic mass is 10.0. The Balaban J connectivity index is 1.70. The van der Waals surface area contributed by atoms with Gasteiger partial charge in [0.25, 0.3) is 5.91 Å². The van der Waals surface area contributed by atoms with E-state index in [0.29, 0.717) is 16.8 Å². The molecule has 2 aromatic rings. The van der Waals surface area contributed by atoms with E-state index < -0.39 is 23.6 Å². The lowest BCUT2D eigenvalue weighted by molar-refractivity contribution is -0.137. The van der Waals surface area contributed by atoms with Crippen molar-refractivity contribution in [3.8, 4) is 6.07 Å². The van der Waals surface area contributed by atoms with Gasteiger partial charge < -0.3 is 15.5 Å².